The topological polar surface area (TPSA) is 66.5 Å². The lowest BCUT2D eigenvalue weighted by atomic mass is 9.94. The third-order valence-corrected chi connectivity index (χ3v) is 4.31. The van der Waals surface area contributed by atoms with Crippen LogP contribution in [0.4, 0.5) is 4.39 Å². The number of amides is 3. The molecule has 2 aliphatic heterocycles. The Morgan fingerprint density at radius 1 is 1.27 bits per heavy atom. The highest BCUT2D eigenvalue weighted by Crippen LogP contribution is 2.34. The molecule has 0 aliphatic carbocycles. The van der Waals surface area contributed by atoms with Gasteiger partial charge in [0.05, 0.1) is 5.56 Å². The molecule has 22 heavy (non-hydrogen) atoms. The van der Waals surface area contributed by atoms with Crippen molar-refractivity contribution in [3.63, 3.8) is 0 Å². The zero-order valence-electron chi connectivity index (χ0n) is 12.5. The fourth-order valence-electron chi connectivity index (χ4n) is 3.19. The summed E-state index contributed by atoms with van der Waals surface area (Å²) < 4.78 is 14.1. The van der Waals surface area contributed by atoms with Crippen molar-refractivity contribution in [3.05, 3.63) is 34.6 Å². The van der Waals surface area contributed by atoms with Crippen LogP contribution in [0.2, 0.25) is 0 Å². The molecule has 1 aromatic rings. The Hall–Kier alpha value is -2.24. The number of carbonyl (C=O) groups excluding carboxylic acids is 3. The molecule has 6 heteroatoms. The molecule has 1 saturated heterocycles. The minimum Gasteiger partial charge on any atom is -0.322 e. The van der Waals surface area contributed by atoms with Gasteiger partial charge in [0, 0.05) is 13.0 Å². The SMILES string of the molecule is CC(C)c1ccc(F)c2c1CN([C@@H]1CCC(=O)NC1=O)C2=O. The second-order valence-corrected chi connectivity index (χ2v) is 6.04. The van der Waals surface area contributed by atoms with Crippen LogP contribution in [0, 0.1) is 5.82 Å². The first-order valence-electron chi connectivity index (χ1n) is 7.36. The molecule has 1 aromatic carbocycles. The van der Waals surface area contributed by atoms with Crippen LogP contribution >= 0.6 is 0 Å². The normalized spacial score (nSPS) is 21.4. The molecule has 1 N–H and O–H groups in total. The van der Waals surface area contributed by atoms with E-state index in [1.807, 2.05) is 13.8 Å². The number of halogens is 1. The number of hydrogen-bond donors (Lipinski definition) is 1. The Morgan fingerprint density at radius 3 is 2.64 bits per heavy atom. The molecule has 116 valence electrons. The number of benzene rings is 1. The van der Waals surface area contributed by atoms with Crippen molar-refractivity contribution in [3.8, 4) is 0 Å². The summed E-state index contributed by atoms with van der Waals surface area (Å²) >= 11 is 0. The van der Waals surface area contributed by atoms with E-state index in [2.05, 4.69) is 5.32 Å². The van der Waals surface area contributed by atoms with Crippen LogP contribution < -0.4 is 5.32 Å². The van der Waals surface area contributed by atoms with Gasteiger partial charge in [0.2, 0.25) is 11.8 Å². The average molecular weight is 304 g/mol. The smallest absolute Gasteiger partial charge is 0.258 e. The van der Waals surface area contributed by atoms with Crippen LogP contribution in [0.15, 0.2) is 12.1 Å². The van der Waals surface area contributed by atoms with Crippen LogP contribution in [0.1, 0.15) is 54.1 Å². The summed E-state index contributed by atoms with van der Waals surface area (Å²) in [6, 6.07) is 2.29. The van der Waals surface area contributed by atoms with Crippen LogP contribution in [0.3, 0.4) is 0 Å². The molecule has 5 nitrogen and oxygen atoms in total. The number of nitrogens with one attached hydrogen (secondary N) is 1. The number of piperidine rings is 1. The molecule has 0 unspecified atom stereocenters. The largest absolute Gasteiger partial charge is 0.322 e. The van der Waals surface area contributed by atoms with Gasteiger partial charge in [-0.05, 0) is 29.5 Å². The van der Waals surface area contributed by atoms with E-state index in [0.717, 1.165) is 5.56 Å². The van der Waals surface area contributed by atoms with Crippen molar-refractivity contribution in [2.45, 2.75) is 45.2 Å². The number of carbonyl (C=O) groups is 3. The van der Waals surface area contributed by atoms with Gasteiger partial charge >= 0.3 is 0 Å². The lowest BCUT2D eigenvalue weighted by Gasteiger charge is -2.29. The highest BCUT2D eigenvalue weighted by atomic mass is 19.1. The molecular formula is C16H17FN2O3. The van der Waals surface area contributed by atoms with Gasteiger partial charge in [-0.25, -0.2) is 4.39 Å². The Balaban J connectivity index is 1.97. The summed E-state index contributed by atoms with van der Waals surface area (Å²) in [6.07, 6.45) is 0.471. The van der Waals surface area contributed by atoms with Gasteiger partial charge in [-0.3, -0.25) is 19.7 Å². The van der Waals surface area contributed by atoms with Gasteiger partial charge in [0.15, 0.2) is 0 Å². The number of imide groups is 1. The van der Waals surface area contributed by atoms with Crippen molar-refractivity contribution in [1.82, 2.24) is 10.2 Å². The Morgan fingerprint density at radius 2 is 2.00 bits per heavy atom. The zero-order valence-corrected chi connectivity index (χ0v) is 12.5. The summed E-state index contributed by atoms with van der Waals surface area (Å²) in [6.45, 7) is 4.17. The molecular weight excluding hydrogens is 287 g/mol. The zero-order chi connectivity index (χ0) is 16.0. The molecule has 2 heterocycles. The summed E-state index contributed by atoms with van der Waals surface area (Å²) in [5, 5.41) is 2.24. The first-order chi connectivity index (χ1) is 10.4. The minimum absolute atomic E-state index is 0.0656. The fourth-order valence-corrected chi connectivity index (χ4v) is 3.19. The van der Waals surface area contributed by atoms with Crippen molar-refractivity contribution in [2.24, 2.45) is 0 Å². The lowest BCUT2D eigenvalue weighted by Crippen LogP contribution is -2.52. The Labute approximate surface area is 127 Å². The van der Waals surface area contributed by atoms with Crippen LogP contribution in [0.25, 0.3) is 0 Å². The molecule has 1 fully saturated rings. The number of nitrogens with zero attached hydrogens (tertiary/aromatic N) is 1. The van der Waals surface area contributed by atoms with Crippen LogP contribution in [-0.4, -0.2) is 28.7 Å². The first-order valence-corrected chi connectivity index (χ1v) is 7.36. The minimum atomic E-state index is -0.711. The van der Waals surface area contributed by atoms with Crippen LogP contribution in [0.5, 0.6) is 0 Å². The molecule has 0 aromatic heterocycles. The number of hydrogen-bond acceptors (Lipinski definition) is 3. The molecule has 0 spiro atoms. The fraction of sp³-hybridized carbons (Fsp3) is 0.438. The molecule has 3 rings (SSSR count). The summed E-state index contributed by atoms with van der Waals surface area (Å²) in [5.74, 6) is -1.68. The Bertz CT molecular complexity index is 684. The standard InChI is InChI=1S/C16H17FN2O3/c1-8(2)9-3-4-11(17)14-10(9)7-19(16(14)22)12-5-6-13(20)18-15(12)21/h3-4,8,12H,5-7H2,1-2H3,(H,18,20,21)/t12-/m1/s1. The number of fused-ring (bicyclic) bond motifs is 1. The van der Waals surface area contributed by atoms with Crippen molar-refractivity contribution in [2.75, 3.05) is 0 Å². The van der Waals surface area contributed by atoms with Gasteiger partial charge < -0.3 is 4.90 Å². The second kappa shape index (κ2) is 5.19. The highest BCUT2D eigenvalue weighted by molar-refractivity contribution is 6.05. The van der Waals surface area contributed by atoms with E-state index in [-0.39, 0.29) is 36.8 Å². The molecule has 1 atom stereocenters. The quantitative estimate of drug-likeness (QED) is 0.846. The van der Waals surface area contributed by atoms with Crippen molar-refractivity contribution >= 4 is 17.7 Å². The third-order valence-electron chi connectivity index (χ3n) is 4.31. The molecule has 3 amide bonds. The monoisotopic (exact) mass is 304 g/mol. The summed E-state index contributed by atoms with van der Waals surface area (Å²) in [5.41, 5.74) is 1.64. The summed E-state index contributed by atoms with van der Waals surface area (Å²) in [4.78, 5) is 37.1. The van der Waals surface area contributed by atoms with Gasteiger partial charge in [-0.2, -0.15) is 0 Å². The van der Waals surface area contributed by atoms with Crippen LogP contribution in [-0.2, 0) is 16.1 Å². The highest BCUT2D eigenvalue weighted by Gasteiger charge is 2.41. The average Bonchev–Trinajstić information content (AvgIpc) is 2.77. The predicted molar refractivity (Wildman–Crippen MR) is 76.5 cm³/mol. The van der Waals surface area contributed by atoms with E-state index >= 15 is 0 Å². The molecule has 0 bridgehead atoms. The van der Waals surface area contributed by atoms with Crippen molar-refractivity contribution in [1.29, 1.82) is 0 Å². The van der Waals surface area contributed by atoms with E-state index < -0.39 is 23.7 Å². The van der Waals surface area contributed by atoms with Crippen molar-refractivity contribution < 1.29 is 18.8 Å². The molecule has 2 aliphatic rings. The van der Waals surface area contributed by atoms with E-state index in [9.17, 15) is 18.8 Å². The lowest BCUT2D eigenvalue weighted by molar-refractivity contribution is -0.136. The predicted octanol–water partition coefficient (Wildman–Crippen LogP) is 1.71. The van der Waals surface area contributed by atoms with Gasteiger partial charge in [0.1, 0.15) is 11.9 Å². The van der Waals surface area contributed by atoms with Gasteiger partial charge in [-0.15, -0.1) is 0 Å². The molecule has 0 saturated carbocycles. The third kappa shape index (κ3) is 2.19. The van der Waals surface area contributed by atoms with E-state index in [1.54, 1.807) is 6.07 Å². The van der Waals surface area contributed by atoms with E-state index in [4.69, 9.17) is 0 Å². The first kappa shape index (κ1) is 14.7. The van der Waals surface area contributed by atoms with E-state index in [0.29, 0.717) is 5.56 Å². The Kier molecular flexibility index (Phi) is 3.47. The number of rotatable bonds is 2. The second-order valence-electron chi connectivity index (χ2n) is 6.04. The maximum absolute atomic E-state index is 14.1. The van der Waals surface area contributed by atoms with Gasteiger partial charge in [-0.1, -0.05) is 19.9 Å². The molecule has 0 radical (unpaired) electrons. The maximum atomic E-state index is 14.1. The maximum Gasteiger partial charge on any atom is 0.258 e. The summed E-state index contributed by atoms with van der Waals surface area (Å²) in [7, 11) is 0. The van der Waals surface area contributed by atoms with E-state index in [1.165, 1.54) is 11.0 Å². The van der Waals surface area contributed by atoms with Gasteiger partial charge in [0.25, 0.3) is 5.91 Å².